The Morgan fingerprint density at radius 2 is 1.95 bits per heavy atom. The van der Waals surface area contributed by atoms with Crippen LogP contribution in [0.2, 0.25) is 0 Å². The van der Waals surface area contributed by atoms with E-state index in [4.69, 9.17) is 0 Å². The van der Waals surface area contributed by atoms with Gasteiger partial charge in [0.05, 0.1) is 0 Å². The van der Waals surface area contributed by atoms with Crippen LogP contribution in [0.3, 0.4) is 0 Å². The maximum atomic E-state index is 3.71. The standard InChI is InChI=1S/C17H28N2/c1-4-10-18-16-11-15(14(2)3)12-19(13-16)17-8-6-5-7-9-17/h5-9,14-16,18H,4,10-13H2,1-3H3. The van der Waals surface area contributed by atoms with Gasteiger partial charge in [0.1, 0.15) is 0 Å². The van der Waals surface area contributed by atoms with Crippen molar-refractivity contribution in [2.45, 2.75) is 39.7 Å². The highest BCUT2D eigenvalue weighted by Crippen LogP contribution is 2.27. The minimum atomic E-state index is 0.640. The van der Waals surface area contributed by atoms with E-state index in [2.05, 4.69) is 61.3 Å². The van der Waals surface area contributed by atoms with Gasteiger partial charge in [-0.25, -0.2) is 0 Å². The summed E-state index contributed by atoms with van der Waals surface area (Å²) in [5.74, 6) is 1.56. The zero-order valence-corrected chi connectivity index (χ0v) is 12.6. The minimum absolute atomic E-state index is 0.640. The fourth-order valence-electron chi connectivity index (χ4n) is 2.97. The predicted molar refractivity (Wildman–Crippen MR) is 83.7 cm³/mol. The second-order valence-electron chi connectivity index (χ2n) is 6.13. The Labute approximate surface area is 118 Å². The summed E-state index contributed by atoms with van der Waals surface area (Å²) in [7, 11) is 0. The van der Waals surface area contributed by atoms with Crippen LogP contribution in [-0.4, -0.2) is 25.7 Å². The first-order valence-corrected chi connectivity index (χ1v) is 7.74. The molecule has 1 aromatic rings. The molecule has 1 aliphatic rings. The van der Waals surface area contributed by atoms with Gasteiger partial charge in [-0.1, -0.05) is 39.0 Å². The van der Waals surface area contributed by atoms with E-state index < -0.39 is 0 Å². The largest absolute Gasteiger partial charge is 0.370 e. The highest BCUT2D eigenvalue weighted by molar-refractivity contribution is 5.46. The number of nitrogens with one attached hydrogen (secondary N) is 1. The van der Waals surface area contributed by atoms with Crippen molar-refractivity contribution in [3.63, 3.8) is 0 Å². The first-order chi connectivity index (χ1) is 9.20. The molecule has 0 aromatic heterocycles. The molecule has 0 aliphatic carbocycles. The van der Waals surface area contributed by atoms with E-state index in [0.29, 0.717) is 6.04 Å². The SMILES string of the molecule is CCCNC1CC(C(C)C)CN(c2ccccc2)C1. The second kappa shape index (κ2) is 6.95. The number of para-hydroxylation sites is 1. The van der Waals surface area contributed by atoms with E-state index in [1.165, 1.54) is 25.1 Å². The molecular weight excluding hydrogens is 232 g/mol. The Kier molecular flexibility index (Phi) is 5.26. The molecule has 2 unspecified atom stereocenters. The Balaban J connectivity index is 2.06. The normalized spacial score (nSPS) is 23.9. The Hall–Kier alpha value is -1.02. The molecule has 0 saturated carbocycles. The lowest BCUT2D eigenvalue weighted by atomic mass is 9.85. The zero-order valence-electron chi connectivity index (χ0n) is 12.6. The number of benzene rings is 1. The van der Waals surface area contributed by atoms with Crippen molar-refractivity contribution in [2.75, 3.05) is 24.5 Å². The molecule has 2 atom stereocenters. The van der Waals surface area contributed by atoms with Gasteiger partial charge in [0.25, 0.3) is 0 Å². The van der Waals surface area contributed by atoms with E-state index in [1.807, 2.05) is 0 Å². The third-order valence-corrected chi connectivity index (χ3v) is 4.23. The average Bonchev–Trinajstić information content (AvgIpc) is 2.45. The van der Waals surface area contributed by atoms with Gasteiger partial charge in [0.15, 0.2) is 0 Å². The quantitative estimate of drug-likeness (QED) is 0.871. The van der Waals surface area contributed by atoms with E-state index in [9.17, 15) is 0 Å². The van der Waals surface area contributed by atoms with Crippen LogP contribution in [0.5, 0.6) is 0 Å². The van der Waals surface area contributed by atoms with Crippen molar-refractivity contribution in [2.24, 2.45) is 11.8 Å². The molecule has 1 saturated heterocycles. The van der Waals surface area contributed by atoms with Crippen molar-refractivity contribution >= 4 is 5.69 Å². The molecule has 106 valence electrons. The van der Waals surface area contributed by atoms with Crippen LogP contribution in [0, 0.1) is 11.8 Å². The van der Waals surface area contributed by atoms with Crippen molar-refractivity contribution in [3.8, 4) is 0 Å². The van der Waals surface area contributed by atoms with Crippen LogP contribution >= 0.6 is 0 Å². The Morgan fingerprint density at radius 3 is 2.58 bits per heavy atom. The fourth-order valence-corrected chi connectivity index (χ4v) is 2.97. The van der Waals surface area contributed by atoms with Gasteiger partial charge in [-0.2, -0.15) is 0 Å². The van der Waals surface area contributed by atoms with Gasteiger partial charge in [0.2, 0.25) is 0 Å². The molecule has 0 spiro atoms. The summed E-state index contributed by atoms with van der Waals surface area (Å²) >= 11 is 0. The number of hydrogen-bond acceptors (Lipinski definition) is 2. The molecule has 0 radical (unpaired) electrons. The lowest BCUT2D eigenvalue weighted by Gasteiger charge is -2.41. The van der Waals surface area contributed by atoms with Gasteiger partial charge < -0.3 is 10.2 Å². The van der Waals surface area contributed by atoms with Crippen molar-refractivity contribution in [3.05, 3.63) is 30.3 Å². The molecule has 0 bridgehead atoms. The van der Waals surface area contributed by atoms with Gasteiger partial charge in [-0.3, -0.25) is 0 Å². The van der Waals surface area contributed by atoms with Crippen LogP contribution < -0.4 is 10.2 Å². The summed E-state index contributed by atoms with van der Waals surface area (Å²) < 4.78 is 0. The first kappa shape index (κ1) is 14.4. The van der Waals surface area contributed by atoms with Crippen LogP contribution in [-0.2, 0) is 0 Å². The van der Waals surface area contributed by atoms with Crippen molar-refractivity contribution in [1.82, 2.24) is 5.32 Å². The zero-order chi connectivity index (χ0) is 13.7. The van der Waals surface area contributed by atoms with E-state index in [1.54, 1.807) is 0 Å². The minimum Gasteiger partial charge on any atom is -0.370 e. The van der Waals surface area contributed by atoms with Gasteiger partial charge in [0, 0.05) is 24.8 Å². The van der Waals surface area contributed by atoms with E-state index in [-0.39, 0.29) is 0 Å². The van der Waals surface area contributed by atoms with Crippen LogP contribution in [0.25, 0.3) is 0 Å². The summed E-state index contributed by atoms with van der Waals surface area (Å²) in [6.45, 7) is 10.4. The number of rotatable bonds is 5. The maximum Gasteiger partial charge on any atom is 0.0366 e. The van der Waals surface area contributed by atoms with Gasteiger partial charge in [-0.15, -0.1) is 0 Å². The van der Waals surface area contributed by atoms with Crippen molar-refractivity contribution in [1.29, 1.82) is 0 Å². The van der Waals surface area contributed by atoms with E-state index >= 15 is 0 Å². The number of anilines is 1. The Bertz CT molecular complexity index is 361. The van der Waals surface area contributed by atoms with Crippen LogP contribution in [0.1, 0.15) is 33.6 Å². The third kappa shape index (κ3) is 3.97. The number of hydrogen-bond donors (Lipinski definition) is 1. The third-order valence-electron chi connectivity index (χ3n) is 4.23. The topological polar surface area (TPSA) is 15.3 Å². The molecule has 1 fully saturated rings. The summed E-state index contributed by atoms with van der Waals surface area (Å²) in [4.78, 5) is 2.56. The molecule has 2 heteroatoms. The van der Waals surface area contributed by atoms with Crippen molar-refractivity contribution < 1.29 is 0 Å². The summed E-state index contributed by atoms with van der Waals surface area (Å²) in [5.41, 5.74) is 1.37. The monoisotopic (exact) mass is 260 g/mol. The molecule has 1 heterocycles. The number of nitrogens with zero attached hydrogens (tertiary/aromatic N) is 1. The van der Waals surface area contributed by atoms with E-state index in [0.717, 1.165) is 24.9 Å². The summed E-state index contributed by atoms with van der Waals surface area (Å²) in [6, 6.07) is 11.5. The molecule has 19 heavy (non-hydrogen) atoms. The highest BCUT2D eigenvalue weighted by Gasteiger charge is 2.28. The lowest BCUT2D eigenvalue weighted by Crippen LogP contribution is -2.50. The first-order valence-electron chi connectivity index (χ1n) is 7.74. The van der Waals surface area contributed by atoms with Crippen LogP contribution in [0.4, 0.5) is 5.69 Å². The molecule has 1 N–H and O–H groups in total. The molecular formula is C17H28N2. The predicted octanol–water partition coefficient (Wildman–Crippen LogP) is 3.54. The smallest absolute Gasteiger partial charge is 0.0366 e. The Morgan fingerprint density at radius 1 is 1.21 bits per heavy atom. The fraction of sp³-hybridized carbons (Fsp3) is 0.647. The molecule has 2 rings (SSSR count). The summed E-state index contributed by atoms with van der Waals surface area (Å²) in [5, 5.41) is 3.71. The van der Waals surface area contributed by atoms with Crippen LogP contribution in [0.15, 0.2) is 30.3 Å². The van der Waals surface area contributed by atoms with Gasteiger partial charge >= 0.3 is 0 Å². The lowest BCUT2D eigenvalue weighted by molar-refractivity contribution is 0.273. The number of piperidine rings is 1. The van der Waals surface area contributed by atoms with Gasteiger partial charge in [-0.05, 0) is 43.4 Å². The highest BCUT2D eigenvalue weighted by atomic mass is 15.2. The maximum absolute atomic E-state index is 3.71. The molecule has 2 nitrogen and oxygen atoms in total. The molecule has 0 amide bonds. The molecule has 1 aliphatic heterocycles. The average molecular weight is 260 g/mol. The second-order valence-corrected chi connectivity index (χ2v) is 6.13. The summed E-state index contributed by atoms with van der Waals surface area (Å²) in [6.07, 6.45) is 2.54. The molecule has 1 aromatic carbocycles.